The first kappa shape index (κ1) is 11.9. The Balaban J connectivity index is 1.66. The summed E-state index contributed by atoms with van der Waals surface area (Å²) < 4.78 is 0. The Hall–Kier alpha value is -2.87. The van der Waals surface area contributed by atoms with Crippen molar-refractivity contribution in [3.63, 3.8) is 0 Å². The number of hydrogen-bond acceptors (Lipinski definition) is 7. The van der Waals surface area contributed by atoms with Crippen LogP contribution in [0.3, 0.4) is 0 Å². The van der Waals surface area contributed by atoms with E-state index in [-0.39, 0.29) is 0 Å². The Kier molecular flexibility index (Phi) is 2.79. The molecule has 0 amide bonds. The van der Waals surface area contributed by atoms with Gasteiger partial charge in [-0.3, -0.25) is 4.98 Å². The lowest BCUT2D eigenvalue weighted by atomic mass is 10.3. The molecular formula is C13H9N7S. The molecule has 7 nitrogen and oxygen atoms in total. The summed E-state index contributed by atoms with van der Waals surface area (Å²) in [6.07, 6.45) is 4.81. The molecule has 0 spiro atoms. The van der Waals surface area contributed by atoms with Gasteiger partial charge in [-0.05, 0) is 12.1 Å². The molecule has 0 unspecified atom stereocenters. The number of imidazole rings is 1. The third-order valence-corrected chi connectivity index (χ3v) is 3.64. The van der Waals surface area contributed by atoms with Crippen LogP contribution < -0.4 is 5.32 Å². The van der Waals surface area contributed by atoms with Gasteiger partial charge in [0.05, 0.1) is 12.0 Å². The highest BCUT2D eigenvalue weighted by atomic mass is 32.1. The molecule has 0 aliphatic carbocycles. The van der Waals surface area contributed by atoms with Crippen LogP contribution in [0.15, 0.2) is 42.4 Å². The smallest absolute Gasteiger partial charge is 0.188 e. The first-order chi connectivity index (χ1) is 10.4. The van der Waals surface area contributed by atoms with Crippen LogP contribution in [0.1, 0.15) is 0 Å². The molecule has 0 atom stereocenters. The lowest BCUT2D eigenvalue weighted by Gasteiger charge is -2.01. The third kappa shape index (κ3) is 2.21. The second kappa shape index (κ2) is 4.91. The van der Waals surface area contributed by atoms with E-state index in [1.807, 2.05) is 23.6 Å². The molecule has 0 aliphatic rings. The standard InChI is InChI=1S/C13H9N7S/c1-2-4-14-8(3-1)9-5-21-13(19-9)20-12-10-11(16-6-15-10)17-7-18-12/h1-7H,(H2,15,16,17,18,19,20). The molecule has 21 heavy (non-hydrogen) atoms. The molecule has 4 aromatic rings. The molecule has 4 aromatic heterocycles. The van der Waals surface area contributed by atoms with Crippen LogP contribution in [0.5, 0.6) is 0 Å². The van der Waals surface area contributed by atoms with E-state index in [0.29, 0.717) is 11.5 Å². The molecule has 102 valence electrons. The minimum absolute atomic E-state index is 0.619. The summed E-state index contributed by atoms with van der Waals surface area (Å²) in [6.45, 7) is 0. The summed E-state index contributed by atoms with van der Waals surface area (Å²) in [5.41, 5.74) is 3.05. The predicted molar refractivity (Wildman–Crippen MR) is 80.3 cm³/mol. The Bertz CT molecular complexity index is 884. The number of anilines is 2. The number of aromatic amines is 1. The van der Waals surface area contributed by atoms with Crippen molar-refractivity contribution in [3.8, 4) is 11.4 Å². The fourth-order valence-electron chi connectivity index (χ4n) is 1.92. The lowest BCUT2D eigenvalue weighted by molar-refractivity contribution is 1.19. The van der Waals surface area contributed by atoms with Gasteiger partial charge in [-0.25, -0.2) is 19.9 Å². The van der Waals surface area contributed by atoms with E-state index in [4.69, 9.17) is 0 Å². The van der Waals surface area contributed by atoms with E-state index in [1.54, 1.807) is 12.5 Å². The van der Waals surface area contributed by atoms with Gasteiger partial charge in [0.25, 0.3) is 0 Å². The van der Waals surface area contributed by atoms with Gasteiger partial charge in [-0.15, -0.1) is 11.3 Å². The Morgan fingerprint density at radius 1 is 1.05 bits per heavy atom. The normalized spacial score (nSPS) is 10.9. The zero-order chi connectivity index (χ0) is 14.1. The summed E-state index contributed by atoms with van der Waals surface area (Å²) in [5.74, 6) is 0.652. The van der Waals surface area contributed by atoms with Gasteiger partial charge in [-0.1, -0.05) is 6.07 Å². The maximum Gasteiger partial charge on any atom is 0.188 e. The van der Waals surface area contributed by atoms with Crippen molar-refractivity contribution < 1.29 is 0 Å². The fourth-order valence-corrected chi connectivity index (χ4v) is 2.63. The summed E-state index contributed by atoms with van der Waals surface area (Å²) in [6, 6.07) is 5.74. The molecule has 0 saturated carbocycles. The summed E-state index contributed by atoms with van der Waals surface area (Å²) in [5, 5.41) is 5.88. The van der Waals surface area contributed by atoms with Crippen LogP contribution in [-0.4, -0.2) is 29.9 Å². The van der Waals surface area contributed by atoms with E-state index < -0.39 is 0 Å². The van der Waals surface area contributed by atoms with E-state index >= 15 is 0 Å². The zero-order valence-corrected chi connectivity index (χ0v) is 11.5. The van der Waals surface area contributed by atoms with Crippen molar-refractivity contribution in [2.45, 2.75) is 0 Å². The molecule has 0 bridgehead atoms. The molecule has 8 heteroatoms. The van der Waals surface area contributed by atoms with Crippen molar-refractivity contribution >= 4 is 33.5 Å². The lowest BCUT2D eigenvalue weighted by Crippen LogP contribution is -1.95. The summed E-state index contributed by atoms with van der Waals surface area (Å²) >= 11 is 1.49. The van der Waals surface area contributed by atoms with Crippen LogP contribution in [0, 0.1) is 0 Å². The van der Waals surface area contributed by atoms with Crippen molar-refractivity contribution in [3.05, 3.63) is 42.4 Å². The highest BCUT2D eigenvalue weighted by molar-refractivity contribution is 7.14. The van der Waals surface area contributed by atoms with Gasteiger partial charge in [0.15, 0.2) is 16.6 Å². The van der Waals surface area contributed by atoms with E-state index in [2.05, 4.69) is 35.2 Å². The summed E-state index contributed by atoms with van der Waals surface area (Å²) in [7, 11) is 0. The highest BCUT2D eigenvalue weighted by Crippen LogP contribution is 2.26. The molecule has 0 aliphatic heterocycles. The van der Waals surface area contributed by atoms with E-state index in [0.717, 1.165) is 22.0 Å². The van der Waals surface area contributed by atoms with Crippen LogP contribution >= 0.6 is 11.3 Å². The maximum atomic E-state index is 4.52. The Morgan fingerprint density at radius 2 is 2.05 bits per heavy atom. The minimum atomic E-state index is 0.619. The first-order valence-electron chi connectivity index (χ1n) is 6.18. The van der Waals surface area contributed by atoms with Crippen LogP contribution in [0.2, 0.25) is 0 Å². The molecule has 0 fully saturated rings. The predicted octanol–water partition coefficient (Wildman–Crippen LogP) is 2.61. The van der Waals surface area contributed by atoms with E-state index in [9.17, 15) is 0 Å². The number of nitrogens with one attached hydrogen (secondary N) is 2. The molecule has 0 radical (unpaired) electrons. The number of rotatable bonds is 3. The van der Waals surface area contributed by atoms with Gasteiger partial charge in [0.1, 0.15) is 17.5 Å². The van der Waals surface area contributed by atoms with Crippen molar-refractivity contribution in [2.75, 3.05) is 5.32 Å². The zero-order valence-electron chi connectivity index (χ0n) is 10.7. The molecule has 4 heterocycles. The van der Waals surface area contributed by atoms with Crippen LogP contribution in [0.4, 0.5) is 10.9 Å². The van der Waals surface area contributed by atoms with Crippen LogP contribution in [-0.2, 0) is 0 Å². The Morgan fingerprint density at radius 3 is 2.95 bits per heavy atom. The van der Waals surface area contributed by atoms with Crippen LogP contribution in [0.25, 0.3) is 22.6 Å². The van der Waals surface area contributed by atoms with Crippen molar-refractivity contribution in [2.24, 2.45) is 0 Å². The molecule has 2 N–H and O–H groups in total. The fraction of sp³-hybridized carbons (Fsp3) is 0. The number of aromatic nitrogens is 6. The number of nitrogens with zero attached hydrogens (tertiary/aromatic N) is 5. The molecule has 4 rings (SSSR count). The monoisotopic (exact) mass is 295 g/mol. The van der Waals surface area contributed by atoms with Crippen molar-refractivity contribution in [1.82, 2.24) is 29.9 Å². The maximum absolute atomic E-state index is 4.52. The molecule has 0 saturated heterocycles. The minimum Gasteiger partial charge on any atom is -0.340 e. The van der Waals surface area contributed by atoms with Gasteiger partial charge < -0.3 is 10.3 Å². The first-order valence-corrected chi connectivity index (χ1v) is 7.06. The summed E-state index contributed by atoms with van der Waals surface area (Å²) in [4.78, 5) is 24.2. The average molecular weight is 295 g/mol. The second-order valence-corrected chi connectivity index (χ2v) is 5.06. The highest BCUT2D eigenvalue weighted by Gasteiger charge is 2.09. The Labute approximate surface area is 123 Å². The van der Waals surface area contributed by atoms with Gasteiger partial charge in [-0.2, -0.15) is 0 Å². The topological polar surface area (TPSA) is 92.3 Å². The van der Waals surface area contributed by atoms with Crippen molar-refractivity contribution in [1.29, 1.82) is 0 Å². The van der Waals surface area contributed by atoms with Gasteiger partial charge >= 0.3 is 0 Å². The number of H-pyrrole nitrogens is 1. The van der Waals surface area contributed by atoms with Gasteiger partial charge in [0, 0.05) is 11.6 Å². The molecular weight excluding hydrogens is 286 g/mol. The number of hydrogen-bond donors (Lipinski definition) is 2. The molecule has 0 aromatic carbocycles. The average Bonchev–Trinajstić information content (AvgIpc) is 3.17. The van der Waals surface area contributed by atoms with E-state index in [1.165, 1.54) is 17.7 Å². The quantitative estimate of drug-likeness (QED) is 0.603. The third-order valence-electron chi connectivity index (χ3n) is 2.88. The van der Waals surface area contributed by atoms with Gasteiger partial charge in [0.2, 0.25) is 0 Å². The SMILES string of the molecule is c1ccc(-c2csc(Nc3ncnc4nc[nH]c34)n2)nc1. The number of thiazole rings is 1. The largest absolute Gasteiger partial charge is 0.340 e. The number of fused-ring (bicyclic) bond motifs is 1. The second-order valence-electron chi connectivity index (χ2n) is 4.20. The number of pyridine rings is 1.